The lowest BCUT2D eigenvalue weighted by Crippen LogP contribution is -2.01. The number of allylic oxidation sites excluding steroid dienone is 1. The summed E-state index contributed by atoms with van der Waals surface area (Å²) >= 11 is 6.04. The Balaban J connectivity index is 1.59. The van der Waals surface area contributed by atoms with Crippen LogP contribution in [0.4, 0.5) is 10.1 Å². The Morgan fingerprint density at radius 1 is 1.19 bits per heavy atom. The number of fused-ring (bicyclic) bond motifs is 1. The first-order valence-corrected chi connectivity index (χ1v) is 9.61. The van der Waals surface area contributed by atoms with Crippen LogP contribution in [0.25, 0.3) is 6.08 Å². The zero-order valence-corrected chi connectivity index (χ0v) is 17.0. The number of carbonyl (C=O) groups is 1. The van der Waals surface area contributed by atoms with Crippen molar-refractivity contribution in [3.8, 4) is 11.5 Å². The molecule has 3 aromatic carbocycles. The number of hydrogen-bond donors (Lipinski definition) is 0. The van der Waals surface area contributed by atoms with Crippen molar-refractivity contribution in [2.24, 2.45) is 0 Å². The van der Waals surface area contributed by atoms with Crippen LogP contribution in [-0.4, -0.2) is 10.7 Å². The number of non-ortho nitro benzene ring substituents is 1. The molecule has 0 saturated carbocycles. The molecule has 31 heavy (non-hydrogen) atoms. The molecule has 1 aliphatic rings. The summed E-state index contributed by atoms with van der Waals surface area (Å²) in [6.07, 6.45) is 1.45. The van der Waals surface area contributed by atoms with Crippen molar-refractivity contribution in [3.63, 3.8) is 0 Å². The van der Waals surface area contributed by atoms with Crippen molar-refractivity contribution >= 4 is 29.1 Å². The van der Waals surface area contributed by atoms with Gasteiger partial charge in [0.2, 0.25) is 5.78 Å². The number of carbonyl (C=O) groups excluding carboxylic acids is 1. The van der Waals surface area contributed by atoms with Gasteiger partial charge in [0.05, 0.1) is 15.5 Å². The van der Waals surface area contributed by atoms with Crippen LogP contribution in [0.3, 0.4) is 0 Å². The fourth-order valence-corrected chi connectivity index (χ4v) is 3.44. The van der Waals surface area contributed by atoms with Gasteiger partial charge in [0.1, 0.15) is 23.9 Å². The second-order valence-electron chi connectivity index (χ2n) is 6.85. The number of ether oxygens (including phenoxy) is 2. The third-order valence-electron chi connectivity index (χ3n) is 4.85. The summed E-state index contributed by atoms with van der Waals surface area (Å²) in [6, 6.07) is 13.4. The number of nitrogens with zero attached hydrogens (tertiary/aromatic N) is 1. The van der Waals surface area contributed by atoms with Crippen molar-refractivity contribution in [1.29, 1.82) is 0 Å². The van der Waals surface area contributed by atoms with Crippen LogP contribution in [0.1, 0.15) is 27.0 Å². The molecule has 0 atom stereocenters. The lowest BCUT2D eigenvalue weighted by molar-refractivity contribution is -0.384. The van der Waals surface area contributed by atoms with Gasteiger partial charge in [-0.2, -0.15) is 0 Å². The average molecular weight is 440 g/mol. The quantitative estimate of drug-likeness (QED) is 0.281. The van der Waals surface area contributed by atoms with Gasteiger partial charge in [-0.05, 0) is 42.8 Å². The molecule has 0 saturated heterocycles. The monoisotopic (exact) mass is 439 g/mol. The van der Waals surface area contributed by atoms with E-state index in [-0.39, 0.29) is 34.4 Å². The number of rotatable bonds is 5. The molecule has 0 unspecified atom stereocenters. The van der Waals surface area contributed by atoms with E-state index in [0.29, 0.717) is 28.2 Å². The van der Waals surface area contributed by atoms with Gasteiger partial charge >= 0.3 is 0 Å². The Morgan fingerprint density at radius 2 is 1.97 bits per heavy atom. The van der Waals surface area contributed by atoms with Gasteiger partial charge < -0.3 is 9.47 Å². The highest BCUT2D eigenvalue weighted by molar-refractivity contribution is 6.31. The lowest BCUT2D eigenvalue weighted by Gasteiger charge is -2.12. The zero-order valence-electron chi connectivity index (χ0n) is 16.2. The maximum absolute atomic E-state index is 14.0. The van der Waals surface area contributed by atoms with Crippen LogP contribution in [0.5, 0.6) is 11.5 Å². The van der Waals surface area contributed by atoms with Crippen LogP contribution in [0, 0.1) is 22.9 Å². The van der Waals surface area contributed by atoms with Crippen molar-refractivity contribution in [2.45, 2.75) is 13.5 Å². The van der Waals surface area contributed by atoms with E-state index >= 15 is 0 Å². The molecule has 0 amide bonds. The molecular formula is C23H15ClFNO5. The Kier molecular flexibility index (Phi) is 5.44. The van der Waals surface area contributed by atoms with Crippen molar-refractivity contribution in [2.75, 3.05) is 0 Å². The molecule has 156 valence electrons. The van der Waals surface area contributed by atoms with Gasteiger partial charge in [0.25, 0.3) is 5.69 Å². The van der Waals surface area contributed by atoms with E-state index in [9.17, 15) is 19.3 Å². The molecule has 8 heteroatoms. The van der Waals surface area contributed by atoms with Gasteiger partial charge in [0, 0.05) is 23.3 Å². The molecule has 0 aliphatic carbocycles. The van der Waals surface area contributed by atoms with Gasteiger partial charge in [-0.15, -0.1) is 0 Å². The fraction of sp³-hybridized carbons (Fsp3) is 0.0870. The standard InChI is InChI=1S/C23H15ClFNO5/c1-13-20(30-12-17-18(24)6-3-7-19(17)25)9-8-16-22(27)21(31-23(13)16)11-14-4-2-5-15(10-14)26(28)29/h2-11H,12H2,1H3/b21-11-. The summed E-state index contributed by atoms with van der Waals surface area (Å²) in [5.41, 5.74) is 1.53. The van der Waals surface area contributed by atoms with Crippen LogP contribution in [-0.2, 0) is 6.61 Å². The van der Waals surface area contributed by atoms with Crippen molar-refractivity contribution < 1.29 is 23.6 Å². The molecule has 0 N–H and O–H groups in total. The maximum atomic E-state index is 14.0. The number of nitro groups is 1. The summed E-state index contributed by atoms with van der Waals surface area (Å²) in [7, 11) is 0. The third kappa shape index (κ3) is 4.00. The van der Waals surface area contributed by atoms with Crippen LogP contribution >= 0.6 is 11.6 Å². The molecular weight excluding hydrogens is 425 g/mol. The summed E-state index contributed by atoms with van der Waals surface area (Å²) in [6.45, 7) is 1.64. The largest absolute Gasteiger partial charge is 0.488 e. The number of ketones is 1. The smallest absolute Gasteiger partial charge is 0.270 e. The number of benzene rings is 3. The topological polar surface area (TPSA) is 78.7 Å². The van der Waals surface area contributed by atoms with E-state index < -0.39 is 10.7 Å². The average Bonchev–Trinajstić information content (AvgIpc) is 3.05. The van der Waals surface area contributed by atoms with E-state index in [0.717, 1.165) is 0 Å². The van der Waals surface area contributed by atoms with Crippen LogP contribution in [0.2, 0.25) is 5.02 Å². The third-order valence-corrected chi connectivity index (χ3v) is 5.20. The Morgan fingerprint density at radius 3 is 2.71 bits per heavy atom. The Labute approximate surface area is 181 Å². The molecule has 3 aromatic rings. The molecule has 0 aromatic heterocycles. The predicted molar refractivity (Wildman–Crippen MR) is 113 cm³/mol. The molecule has 1 aliphatic heterocycles. The molecule has 6 nitrogen and oxygen atoms in total. The Bertz CT molecular complexity index is 1230. The minimum atomic E-state index is -0.510. The van der Waals surface area contributed by atoms with Crippen LogP contribution < -0.4 is 9.47 Å². The first-order valence-electron chi connectivity index (χ1n) is 9.23. The first-order chi connectivity index (χ1) is 14.8. The molecule has 1 heterocycles. The normalized spacial score (nSPS) is 13.8. The summed E-state index contributed by atoms with van der Waals surface area (Å²) in [5.74, 6) is -0.0117. The summed E-state index contributed by atoms with van der Waals surface area (Å²) in [4.78, 5) is 23.2. The molecule has 0 radical (unpaired) electrons. The maximum Gasteiger partial charge on any atom is 0.270 e. The minimum absolute atomic E-state index is 0.0490. The number of halogens is 2. The summed E-state index contributed by atoms with van der Waals surface area (Å²) < 4.78 is 25.5. The molecule has 0 spiro atoms. The van der Waals surface area contributed by atoms with E-state index in [1.807, 2.05) is 0 Å². The second-order valence-corrected chi connectivity index (χ2v) is 7.25. The van der Waals surface area contributed by atoms with Gasteiger partial charge in [-0.25, -0.2) is 4.39 Å². The van der Waals surface area contributed by atoms with Crippen molar-refractivity contribution in [3.05, 3.63) is 104 Å². The van der Waals surface area contributed by atoms with E-state index in [4.69, 9.17) is 21.1 Å². The second kappa shape index (κ2) is 8.20. The zero-order chi connectivity index (χ0) is 22.1. The summed E-state index contributed by atoms with van der Waals surface area (Å²) in [5, 5.41) is 11.2. The minimum Gasteiger partial charge on any atom is -0.488 e. The lowest BCUT2D eigenvalue weighted by atomic mass is 10.1. The highest BCUT2D eigenvalue weighted by atomic mass is 35.5. The number of nitro benzene ring substituents is 1. The van der Waals surface area contributed by atoms with E-state index in [1.54, 1.807) is 31.2 Å². The van der Waals surface area contributed by atoms with E-state index in [2.05, 4.69) is 0 Å². The van der Waals surface area contributed by atoms with Gasteiger partial charge in [-0.1, -0.05) is 29.8 Å². The molecule has 4 rings (SSSR count). The Hall–Kier alpha value is -3.71. The molecule has 0 fully saturated rings. The van der Waals surface area contributed by atoms with Gasteiger partial charge in [0.15, 0.2) is 5.76 Å². The highest BCUT2D eigenvalue weighted by Gasteiger charge is 2.30. The van der Waals surface area contributed by atoms with Crippen LogP contribution in [0.15, 0.2) is 60.4 Å². The highest BCUT2D eigenvalue weighted by Crippen LogP contribution is 2.39. The number of Topliss-reactive ketones (excluding diaryl/α,β-unsaturated/α-hetero) is 1. The fourth-order valence-electron chi connectivity index (χ4n) is 3.22. The number of hydrogen-bond acceptors (Lipinski definition) is 5. The van der Waals surface area contributed by atoms with Crippen molar-refractivity contribution in [1.82, 2.24) is 0 Å². The predicted octanol–water partition coefficient (Wildman–Crippen LogP) is 5.89. The van der Waals surface area contributed by atoms with E-state index in [1.165, 1.54) is 36.4 Å². The SMILES string of the molecule is Cc1c(OCc2c(F)cccc2Cl)ccc2c1O/C(=C\c1cccc([N+](=O)[O-])c1)C2=O. The van der Waals surface area contributed by atoms with Gasteiger partial charge in [-0.3, -0.25) is 14.9 Å². The molecule has 0 bridgehead atoms. The first kappa shape index (κ1) is 20.6.